The predicted molar refractivity (Wildman–Crippen MR) is 61.4 cm³/mol. The van der Waals surface area contributed by atoms with Gasteiger partial charge >= 0.3 is 13.5 Å². The molecule has 1 rings (SSSR count). The zero-order chi connectivity index (χ0) is 14.6. The fourth-order valence-electron chi connectivity index (χ4n) is 0.874. The smallest absolute Gasteiger partial charge is 0.345 e. The summed E-state index contributed by atoms with van der Waals surface area (Å²) in [4.78, 5) is 41.0. The van der Waals surface area contributed by atoms with Gasteiger partial charge in [0.15, 0.2) is 6.73 Å². The lowest BCUT2D eigenvalue weighted by molar-refractivity contribution is -0.123. The fraction of sp³-hybridized carbons (Fsp3) is 0.429. The first kappa shape index (κ1) is 15.2. The number of carbonyl (C=O) groups is 1. The summed E-state index contributed by atoms with van der Waals surface area (Å²) < 4.78 is 15.9. The maximum Gasteiger partial charge on any atom is 0.471 e. The van der Waals surface area contributed by atoms with Crippen LogP contribution < -0.4 is 5.69 Å². The molecule has 0 bridgehead atoms. The average molecular weight is 293 g/mol. The maximum atomic E-state index is 11.6. The largest absolute Gasteiger partial charge is 0.471 e. The Balaban J connectivity index is 2.79. The van der Waals surface area contributed by atoms with E-state index in [4.69, 9.17) is 9.79 Å². The van der Waals surface area contributed by atoms with Crippen molar-refractivity contribution in [3.8, 4) is 0 Å². The molecule has 0 aliphatic rings. The molecule has 1 aromatic rings. The molecule has 11 nitrogen and oxygen atoms in total. The molecule has 12 heteroatoms. The number of likely N-dealkylation sites (N-methyl/N-ethyl adjacent to an activating group) is 1. The monoisotopic (exact) mass is 293 g/mol. The molecule has 0 aliphatic heterocycles. The van der Waals surface area contributed by atoms with Gasteiger partial charge in [0.25, 0.3) is 0 Å². The van der Waals surface area contributed by atoms with Crippen LogP contribution in [-0.2, 0) is 20.6 Å². The molecule has 0 saturated heterocycles. The van der Waals surface area contributed by atoms with E-state index in [2.05, 4.69) is 15.0 Å². The van der Waals surface area contributed by atoms with Gasteiger partial charge in [-0.05, 0) is 10.4 Å². The molecule has 0 unspecified atom stereocenters. The topological polar surface area (TPSA) is 140 Å². The number of amides is 1. The van der Waals surface area contributed by atoms with E-state index in [0.29, 0.717) is 4.68 Å². The quantitative estimate of drug-likeness (QED) is 0.472. The van der Waals surface area contributed by atoms with Crippen LogP contribution >= 0.6 is 7.82 Å². The van der Waals surface area contributed by atoms with Crippen LogP contribution in [0.2, 0.25) is 0 Å². The normalized spacial score (nSPS) is 12.0. The minimum Gasteiger partial charge on any atom is -0.345 e. The van der Waals surface area contributed by atoms with Crippen LogP contribution in [-0.4, -0.2) is 54.5 Å². The molecule has 1 aromatic heterocycles. The molecule has 0 spiro atoms. The number of phosphoric acid groups is 1. The van der Waals surface area contributed by atoms with Gasteiger partial charge < -0.3 is 14.7 Å². The van der Waals surface area contributed by atoms with Crippen molar-refractivity contribution in [2.45, 2.75) is 6.73 Å². The van der Waals surface area contributed by atoms with Gasteiger partial charge in [0.1, 0.15) is 0 Å². The molecule has 1 heterocycles. The molecular weight excluding hydrogens is 281 g/mol. The van der Waals surface area contributed by atoms with Crippen LogP contribution in [0.5, 0.6) is 0 Å². The van der Waals surface area contributed by atoms with E-state index in [1.807, 2.05) is 0 Å². The summed E-state index contributed by atoms with van der Waals surface area (Å²) in [5.74, 6) is -0.368. The van der Waals surface area contributed by atoms with Crippen molar-refractivity contribution >= 4 is 19.9 Å². The Morgan fingerprint density at radius 3 is 2.63 bits per heavy atom. The lowest BCUT2D eigenvalue weighted by Gasteiger charge is -2.04. The SMILES string of the molecule is CN(C)C(=O)/C=C/n1nnn(COP(=O)(O)O)c1=O. The molecule has 19 heavy (non-hydrogen) atoms. The van der Waals surface area contributed by atoms with E-state index in [-0.39, 0.29) is 5.91 Å². The first-order chi connectivity index (χ1) is 8.70. The molecule has 0 saturated carbocycles. The number of hydrogen-bond donors (Lipinski definition) is 2. The van der Waals surface area contributed by atoms with E-state index < -0.39 is 20.2 Å². The van der Waals surface area contributed by atoms with E-state index in [0.717, 1.165) is 17.0 Å². The summed E-state index contributed by atoms with van der Waals surface area (Å²) in [7, 11) is -1.65. The van der Waals surface area contributed by atoms with Crippen molar-refractivity contribution in [3.05, 3.63) is 16.6 Å². The van der Waals surface area contributed by atoms with Crippen LogP contribution in [0.4, 0.5) is 0 Å². The second-order valence-corrected chi connectivity index (χ2v) is 4.74. The van der Waals surface area contributed by atoms with Gasteiger partial charge in [-0.3, -0.25) is 9.32 Å². The van der Waals surface area contributed by atoms with E-state index in [1.165, 1.54) is 19.0 Å². The fourth-order valence-corrected chi connectivity index (χ4v) is 1.13. The number of nitrogens with zero attached hydrogens (tertiary/aromatic N) is 5. The van der Waals surface area contributed by atoms with E-state index in [9.17, 15) is 14.2 Å². The van der Waals surface area contributed by atoms with Crippen molar-refractivity contribution in [1.29, 1.82) is 0 Å². The average Bonchev–Trinajstić information content (AvgIpc) is 2.63. The zero-order valence-electron chi connectivity index (χ0n) is 10.1. The number of rotatable bonds is 5. The number of aromatic nitrogens is 4. The van der Waals surface area contributed by atoms with Crippen LogP contribution in [0, 0.1) is 0 Å². The van der Waals surface area contributed by atoms with Crippen molar-refractivity contribution in [1.82, 2.24) is 24.7 Å². The Bertz CT molecular complexity index is 583. The highest BCUT2D eigenvalue weighted by molar-refractivity contribution is 7.46. The summed E-state index contributed by atoms with van der Waals surface area (Å²) in [6.07, 6.45) is 2.16. The van der Waals surface area contributed by atoms with Crippen molar-refractivity contribution < 1.29 is 23.7 Å². The van der Waals surface area contributed by atoms with Crippen LogP contribution in [0.3, 0.4) is 0 Å². The third-order valence-electron chi connectivity index (χ3n) is 1.81. The number of carbonyl (C=O) groups excluding carboxylic acids is 1. The van der Waals surface area contributed by atoms with Crippen molar-refractivity contribution in [3.63, 3.8) is 0 Å². The van der Waals surface area contributed by atoms with Gasteiger partial charge in [0.05, 0.1) is 0 Å². The van der Waals surface area contributed by atoms with Crippen molar-refractivity contribution in [2.75, 3.05) is 14.1 Å². The lowest BCUT2D eigenvalue weighted by atomic mass is 10.5. The van der Waals surface area contributed by atoms with Gasteiger partial charge in [-0.15, -0.1) is 0 Å². The Labute approximate surface area is 106 Å². The van der Waals surface area contributed by atoms with Gasteiger partial charge in [-0.1, -0.05) is 0 Å². The van der Waals surface area contributed by atoms with E-state index in [1.54, 1.807) is 0 Å². The Morgan fingerprint density at radius 2 is 2.11 bits per heavy atom. The summed E-state index contributed by atoms with van der Waals surface area (Å²) in [5.41, 5.74) is -0.809. The summed E-state index contributed by atoms with van der Waals surface area (Å²) in [6.45, 7) is -0.751. The van der Waals surface area contributed by atoms with Crippen LogP contribution in [0.25, 0.3) is 6.20 Å². The van der Waals surface area contributed by atoms with Gasteiger partial charge in [0.2, 0.25) is 5.91 Å². The summed E-state index contributed by atoms with van der Waals surface area (Å²) in [5, 5.41) is 6.69. The van der Waals surface area contributed by atoms with Crippen LogP contribution in [0.15, 0.2) is 10.9 Å². The first-order valence-corrected chi connectivity index (χ1v) is 6.35. The third-order valence-corrected chi connectivity index (χ3v) is 2.26. The highest BCUT2D eigenvalue weighted by Gasteiger charge is 2.15. The van der Waals surface area contributed by atoms with E-state index >= 15 is 0 Å². The second-order valence-electron chi connectivity index (χ2n) is 3.50. The minimum atomic E-state index is -4.70. The third kappa shape index (κ3) is 4.75. The molecule has 1 amide bonds. The number of hydrogen-bond acceptors (Lipinski definition) is 6. The number of phosphoric ester groups is 1. The Kier molecular flexibility index (Phi) is 4.72. The highest BCUT2D eigenvalue weighted by atomic mass is 31.2. The zero-order valence-corrected chi connectivity index (χ0v) is 11.0. The van der Waals surface area contributed by atoms with Gasteiger partial charge in [-0.2, -0.15) is 9.36 Å². The highest BCUT2D eigenvalue weighted by Crippen LogP contribution is 2.35. The predicted octanol–water partition coefficient (Wildman–Crippen LogP) is -1.93. The molecule has 0 radical (unpaired) electrons. The van der Waals surface area contributed by atoms with Crippen molar-refractivity contribution in [2.24, 2.45) is 0 Å². The molecular formula is C7H12N5O6P. The maximum absolute atomic E-state index is 11.6. The first-order valence-electron chi connectivity index (χ1n) is 4.82. The molecule has 0 aliphatic carbocycles. The molecule has 106 valence electrons. The lowest BCUT2D eigenvalue weighted by Crippen LogP contribution is -2.24. The molecule has 0 atom stereocenters. The Hall–Kier alpha value is -1.81. The van der Waals surface area contributed by atoms with Gasteiger partial charge in [-0.25, -0.2) is 9.36 Å². The summed E-state index contributed by atoms with van der Waals surface area (Å²) >= 11 is 0. The van der Waals surface area contributed by atoms with Crippen LogP contribution in [0.1, 0.15) is 0 Å². The minimum absolute atomic E-state index is 0.368. The second kappa shape index (κ2) is 5.89. The molecule has 0 aromatic carbocycles. The number of tetrazole rings is 1. The molecule has 0 fully saturated rings. The summed E-state index contributed by atoms with van der Waals surface area (Å²) in [6, 6.07) is 0. The Morgan fingerprint density at radius 1 is 1.47 bits per heavy atom. The molecule has 2 N–H and O–H groups in total. The standard InChI is InChI=1S/C7H12N5O6P/c1-10(2)6(13)3-4-11-7(14)12(9-8-11)5-18-19(15,16)17/h3-4H,5H2,1-2H3,(H2,15,16,17)/b4-3+. The van der Waals surface area contributed by atoms with Gasteiger partial charge in [0, 0.05) is 26.4 Å².